The quantitative estimate of drug-likeness (QED) is 0.721. The highest BCUT2D eigenvalue weighted by Crippen LogP contribution is 2.22. The van der Waals surface area contributed by atoms with Gasteiger partial charge in [0.05, 0.1) is 19.3 Å². The van der Waals surface area contributed by atoms with E-state index in [1.54, 1.807) is 24.3 Å². The number of hydrogen-bond acceptors (Lipinski definition) is 4. The maximum atomic E-state index is 11.5. The van der Waals surface area contributed by atoms with Gasteiger partial charge in [-0.15, -0.1) is 0 Å². The molecule has 0 aliphatic rings. The van der Waals surface area contributed by atoms with Crippen LogP contribution in [0.3, 0.4) is 0 Å². The molecule has 1 aromatic rings. The molecule has 0 saturated heterocycles. The highest BCUT2D eigenvalue weighted by atomic mass is 16.5. The molecule has 0 saturated carbocycles. The van der Waals surface area contributed by atoms with Gasteiger partial charge in [-0.05, 0) is 12.1 Å². The average molecular weight is 223 g/mol. The zero-order valence-electron chi connectivity index (χ0n) is 9.78. The summed E-state index contributed by atoms with van der Waals surface area (Å²) in [6, 6.07) is 7.30. The van der Waals surface area contributed by atoms with Crippen LogP contribution in [-0.4, -0.2) is 38.7 Å². The lowest BCUT2D eigenvalue weighted by molar-refractivity contribution is -0.116. The Kier molecular flexibility index (Phi) is 4.75. The van der Waals surface area contributed by atoms with Crippen LogP contribution in [0.2, 0.25) is 0 Å². The number of nitrogens with zero attached hydrogens (tertiary/aromatic N) is 1. The number of para-hydroxylation sites is 2. The molecule has 0 unspecified atom stereocenters. The van der Waals surface area contributed by atoms with Crippen molar-refractivity contribution in [1.29, 1.82) is 0 Å². The van der Waals surface area contributed by atoms with Gasteiger partial charge in [0, 0.05) is 14.1 Å². The van der Waals surface area contributed by atoms with Gasteiger partial charge < -0.3 is 10.1 Å². The zero-order valence-corrected chi connectivity index (χ0v) is 9.78. The fourth-order valence-electron chi connectivity index (χ4n) is 1.17. The van der Waals surface area contributed by atoms with Gasteiger partial charge in [0.15, 0.2) is 0 Å². The molecule has 5 nitrogen and oxygen atoms in total. The van der Waals surface area contributed by atoms with E-state index in [9.17, 15) is 4.79 Å². The number of amides is 1. The van der Waals surface area contributed by atoms with E-state index in [4.69, 9.17) is 4.74 Å². The first kappa shape index (κ1) is 12.5. The summed E-state index contributed by atoms with van der Waals surface area (Å²) in [5.41, 5.74) is 3.56. The van der Waals surface area contributed by atoms with Crippen molar-refractivity contribution in [3.05, 3.63) is 24.3 Å². The Bertz CT molecular complexity index is 353. The minimum atomic E-state index is -0.113. The highest BCUT2D eigenvalue weighted by molar-refractivity contribution is 5.93. The number of carbonyl (C=O) groups excluding carboxylic acids is 1. The molecule has 0 bridgehead atoms. The standard InChI is InChI=1S/C11H17N3O2/c1-14(2)12-8-11(15)13-9-6-4-5-7-10(9)16-3/h4-7,12H,8H2,1-3H3,(H,13,15). The second-order valence-corrected chi connectivity index (χ2v) is 3.48. The SMILES string of the molecule is COc1ccccc1NC(=O)CNN(C)C. The fourth-order valence-corrected chi connectivity index (χ4v) is 1.17. The van der Waals surface area contributed by atoms with Crippen molar-refractivity contribution in [2.75, 3.05) is 33.1 Å². The third-order valence-electron chi connectivity index (χ3n) is 1.94. The van der Waals surface area contributed by atoms with E-state index >= 15 is 0 Å². The van der Waals surface area contributed by atoms with Crippen LogP contribution in [-0.2, 0) is 4.79 Å². The first-order valence-electron chi connectivity index (χ1n) is 4.97. The van der Waals surface area contributed by atoms with Gasteiger partial charge >= 0.3 is 0 Å². The predicted octanol–water partition coefficient (Wildman–Crippen LogP) is 0.700. The second-order valence-electron chi connectivity index (χ2n) is 3.48. The summed E-state index contributed by atoms with van der Waals surface area (Å²) >= 11 is 0. The molecular weight excluding hydrogens is 206 g/mol. The molecule has 88 valence electrons. The van der Waals surface area contributed by atoms with E-state index in [0.717, 1.165) is 0 Å². The van der Waals surface area contributed by atoms with Gasteiger partial charge in [0.2, 0.25) is 5.91 Å². The summed E-state index contributed by atoms with van der Waals surface area (Å²) in [5.74, 6) is 0.541. The van der Waals surface area contributed by atoms with Crippen molar-refractivity contribution in [2.45, 2.75) is 0 Å². The molecule has 0 aliphatic carbocycles. The molecule has 0 spiro atoms. The van der Waals surface area contributed by atoms with Gasteiger partial charge in [-0.25, -0.2) is 5.43 Å². The van der Waals surface area contributed by atoms with Crippen LogP contribution in [0.4, 0.5) is 5.69 Å². The minimum Gasteiger partial charge on any atom is -0.495 e. The van der Waals surface area contributed by atoms with Crippen molar-refractivity contribution >= 4 is 11.6 Å². The molecule has 16 heavy (non-hydrogen) atoms. The number of nitrogens with one attached hydrogen (secondary N) is 2. The normalized spacial score (nSPS) is 10.2. The molecule has 0 aliphatic heterocycles. The Morgan fingerprint density at radius 2 is 2.06 bits per heavy atom. The van der Waals surface area contributed by atoms with Crippen LogP contribution < -0.4 is 15.5 Å². The number of carbonyl (C=O) groups is 1. The van der Waals surface area contributed by atoms with Crippen molar-refractivity contribution in [2.24, 2.45) is 0 Å². The van der Waals surface area contributed by atoms with Crippen LogP contribution in [0, 0.1) is 0 Å². The van der Waals surface area contributed by atoms with Crippen molar-refractivity contribution in [3.63, 3.8) is 0 Å². The third-order valence-corrected chi connectivity index (χ3v) is 1.94. The van der Waals surface area contributed by atoms with Crippen LogP contribution in [0.25, 0.3) is 0 Å². The number of benzene rings is 1. The van der Waals surface area contributed by atoms with Crippen molar-refractivity contribution in [1.82, 2.24) is 10.4 Å². The summed E-state index contributed by atoms with van der Waals surface area (Å²) < 4.78 is 5.13. The molecule has 0 heterocycles. The molecule has 1 rings (SSSR count). The van der Waals surface area contributed by atoms with Crippen molar-refractivity contribution in [3.8, 4) is 5.75 Å². The molecule has 2 N–H and O–H groups in total. The minimum absolute atomic E-state index is 0.113. The summed E-state index contributed by atoms with van der Waals surface area (Å²) in [4.78, 5) is 11.5. The number of rotatable bonds is 5. The Hall–Kier alpha value is -1.59. The highest BCUT2D eigenvalue weighted by Gasteiger charge is 2.06. The molecular formula is C11H17N3O2. The van der Waals surface area contributed by atoms with E-state index < -0.39 is 0 Å². The van der Waals surface area contributed by atoms with E-state index in [-0.39, 0.29) is 12.5 Å². The molecule has 0 radical (unpaired) electrons. The monoisotopic (exact) mass is 223 g/mol. The van der Waals surface area contributed by atoms with Crippen LogP contribution >= 0.6 is 0 Å². The van der Waals surface area contributed by atoms with Gasteiger partial charge in [-0.1, -0.05) is 12.1 Å². The van der Waals surface area contributed by atoms with Crippen LogP contribution in [0.5, 0.6) is 5.75 Å². The number of hydrazine groups is 1. The van der Waals surface area contributed by atoms with E-state index in [1.807, 2.05) is 26.2 Å². The third kappa shape index (κ3) is 3.88. The fraction of sp³-hybridized carbons (Fsp3) is 0.364. The zero-order chi connectivity index (χ0) is 12.0. The lowest BCUT2D eigenvalue weighted by Gasteiger charge is -2.13. The molecule has 5 heteroatoms. The Labute approximate surface area is 95.4 Å². The van der Waals surface area contributed by atoms with Crippen LogP contribution in [0.15, 0.2) is 24.3 Å². The first-order valence-corrected chi connectivity index (χ1v) is 4.97. The molecule has 0 atom stereocenters. The maximum Gasteiger partial charge on any atom is 0.239 e. The predicted molar refractivity (Wildman–Crippen MR) is 63.3 cm³/mol. The first-order chi connectivity index (χ1) is 7.63. The molecule has 0 fully saturated rings. The number of ether oxygens (including phenoxy) is 1. The average Bonchev–Trinajstić information content (AvgIpc) is 2.27. The summed E-state index contributed by atoms with van der Waals surface area (Å²) in [5, 5.41) is 4.49. The number of anilines is 1. The Morgan fingerprint density at radius 3 is 2.69 bits per heavy atom. The summed E-state index contributed by atoms with van der Waals surface area (Å²) in [6.45, 7) is 0.227. The lowest BCUT2D eigenvalue weighted by Crippen LogP contribution is -2.37. The van der Waals surface area contributed by atoms with Gasteiger partial charge in [-0.2, -0.15) is 0 Å². The summed E-state index contributed by atoms with van der Waals surface area (Å²) in [7, 11) is 5.23. The van der Waals surface area contributed by atoms with Crippen LogP contribution in [0.1, 0.15) is 0 Å². The van der Waals surface area contributed by atoms with Gasteiger partial charge in [-0.3, -0.25) is 9.80 Å². The largest absolute Gasteiger partial charge is 0.495 e. The van der Waals surface area contributed by atoms with E-state index in [0.29, 0.717) is 11.4 Å². The number of hydrogen-bond donors (Lipinski definition) is 2. The molecule has 0 aromatic heterocycles. The molecule has 1 amide bonds. The smallest absolute Gasteiger partial charge is 0.239 e. The second kappa shape index (κ2) is 6.09. The van der Waals surface area contributed by atoms with Gasteiger partial charge in [0.25, 0.3) is 0 Å². The number of methoxy groups -OCH3 is 1. The van der Waals surface area contributed by atoms with Gasteiger partial charge in [0.1, 0.15) is 5.75 Å². The Morgan fingerprint density at radius 1 is 1.38 bits per heavy atom. The van der Waals surface area contributed by atoms with E-state index in [2.05, 4.69) is 10.7 Å². The lowest BCUT2D eigenvalue weighted by atomic mass is 10.3. The van der Waals surface area contributed by atoms with Crippen molar-refractivity contribution < 1.29 is 9.53 Å². The summed E-state index contributed by atoms with van der Waals surface area (Å²) in [6.07, 6.45) is 0. The Balaban J connectivity index is 2.55. The molecule has 1 aromatic carbocycles. The van der Waals surface area contributed by atoms with E-state index in [1.165, 1.54) is 0 Å². The topological polar surface area (TPSA) is 53.6 Å². The maximum absolute atomic E-state index is 11.5.